The third-order valence-corrected chi connectivity index (χ3v) is 3.55. The predicted molar refractivity (Wildman–Crippen MR) is 83.3 cm³/mol. The molecule has 1 aliphatic heterocycles. The van der Waals surface area contributed by atoms with E-state index in [9.17, 15) is 9.90 Å². The van der Waals surface area contributed by atoms with E-state index in [1.54, 1.807) is 18.2 Å². The summed E-state index contributed by atoms with van der Waals surface area (Å²) in [7, 11) is 0. The molecule has 0 fully saturated rings. The molecule has 0 saturated carbocycles. The van der Waals surface area contributed by atoms with Crippen LogP contribution in [0.5, 0.6) is 5.75 Å². The number of para-hydroxylation sites is 1. The minimum atomic E-state index is -0.987. The zero-order chi connectivity index (χ0) is 15.7. The van der Waals surface area contributed by atoms with Crippen LogP contribution in [-0.4, -0.2) is 17.2 Å². The molecule has 1 heterocycles. The third kappa shape index (κ3) is 2.33. The van der Waals surface area contributed by atoms with E-state index in [0.717, 1.165) is 11.1 Å². The SMILES string of the molecule is [C-]#[N+]c1ccccc1C1=CC(C)Oc2ccc(C(=O)O)cc21. The summed E-state index contributed by atoms with van der Waals surface area (Å²) < 4.78 is 5.74. The van der Waals surface area contributed by atoms with Crippen LogP contribution in [0.25, 0.3) is 10.4 Å². The second-order valence-corrected chi connectivity index (χ2v) is 5.05. The number of carboxylic acid groups (broad SMARTS) is 1. The molecule has 2 aromatic carbocycles. The van der Waals surface area contributed by atoms with Gasteiger partial charge >= 0.3 is 5.97 Å². The number of fused-ring (bicyclic) bond motifs is 1. The molecule has 1 aliphatic rings. The Bertz CT molecular complexity index is 830. The van der Waals surface area contributed by atoms with Crippen molar-refractivity contribution >= 4 is 17.2 Å². The molecular weight excluding hydrogens is 278 g/mol. The van der Waals surface area contributed by atoms with E-state index in [0.29, 0.717) is 17.0 Å². The molecule has 0 bridgehead atoms. The zero-order valence-electron chi connectivity index (χ0n) is 11.9. The highest BCUT2D eigenvalue weighted by molar-refractivity contribution is 5.94. The summed E-state index contributed by atoms with van der Waals surface area (Å²) in [4.78, 5) is 14.8. The number of hydrogen-bond acceptors (Lipinski definition) is 2. The maximum absolute atomic E-state index is 11.2. The predicted octanol–water partition coefficient (Wildman–Crippen LogP) is 4.15. The minimum absolute atomic E-state index is 0.142. The monoisotopic (exact) mass is 291 g/mol. The van der Waals surface area contributed by atoms with Crippen molar-refractivity contribution in [1.29, 1.82) is 0 Å². The van der Waals surface area contributed by atoms with E-state index in [1.807, 2.05) is 31.2 Å². The third-order valence-electron chi connectivity index (χ3n) is 3.55. The summed E-state index contributed by atoms with van der Waals surface area (Å²) >= 11 is 0. The smallest absolute Gasteiger partial charge is 0.335 e. The van der Waals surface area contributed by atoms with Gasteiger partial charge in [-0.05, 0) is 42.3 Å². The van der Waals surface area contributed by atoms with Gasteiger partial charge in [-0.25, -0.2) is 9.64 Å². The topological polar surface area (TPSA) is 50.9 Å². The average Bonchev–Trinajstić information content (AvgIpc) is 2.53. The summed E-state index contributed by atoms with van der Waals surface area (Å²) in [6.07, 6.45) is 1.77. The van der Waals surface area contributed by atoms with Crippen LogP contribution in [0.2, 0.25) is 0 Å². The lowest BCUT2D eigenvalue weighted by atomic mass is 9.91. The number of carbonyl (C=O) groups is 1. The van der Waals surface area contributed by atoms with Gasteiger partial charge in [0.25, 0.3) is 0 Å². The van der Waals surface area contributed by atoms with Gasteiger partial charge < -0.3 is 9.84 Å². The fourth-order valence-corrected chi connectivity index (χ4v) is 2.57. The van der Waals surface area contributed by atoms with E-state index in [2.05, 4.69) is 4.85 Å². The Morgan fingerprint density at radius 1 is 1.23 bits per heavy atom. The highest BCUT2D eigenvalue weighted by Crippen LogP contribution is 2.39. The Morgan fingerprint density at radius 3 is 2.73 bits per heavy atom. The van der Waals surface area contributed by atoms with Crippen LogP contribution in [0.3, 0.4) is 0 Å². The maximum atomic E-state index is 11.2. The number of aromatic carboxylic acids is 1. The number of nitrogens with zero attached hydrogens (tertiary/aromatic N) is 1. The second-order valence-electron chi connectivity index (χ2n) is 5.05. The second kappa shape index (κ2) is 5.38. The molecule has 0 amide bonds. The molecule has 4 heteroatoms. The first-order valence-electron chi connectivity index (χ1n) is 6.83. The molecule has 3 rings (SSSR count). The number of ether oxygens (including phenoxy) is 1. The van der Waals surface area contributed by atoms with Crippen LogP contribution in [0, 0.1) is 6.57 Å². The molecular formula is C18H13NO3. The van der Waals surface area contributed by atoms with Gasteiger partial charge in [0.1, 0.15) is 11.9 Å². The minimum Gasteiger partial charge on any atom is -0.486 e. The van der Waals surface area contributed by atoms with Crippen LogP contribution in [-0.2, 0) is 0 Å². The summed E-state index contributed by atoms with van der Waals surface area (Å²) in [5.41, 5.74) is 3.06. The lowest BCUT2D eigenvalue weighted by molar-refractivity contribution is 0.0697. The Morgan fingerprint density at radius 2 is 2.00 bits per heavy atom. The molecule has 108 valence electrons. The zero-order valence-corrected chi connectivity index (χ0v) is 11.9. The number of carboxylic acids is 1. The van der Waals surface area contributed by atoms with Gasteiger partial charge in [0.2, 0.25) is 0 Å². The molecule has 1 atom stereocenters. The van der Waals surface area contributed by atoms with Crippen LogP contribution in [0.15, 0.2) is 48.5 Å². The van der Waals surface area contributed by atoms with Crippen molar-refractivity contribution in [2.45, 2.75) is 13.0 Å². The van der Waals surface area contributed by atoms with Gasteiger partial charge in [-0.15, -0.1) is 0 Å². The lowest BCUT2D eigenvalue weighted by Crippen LogP contribution is -2.16. The first kappa shape index (κ1) is 13.9. The van der Waals surface area contributed by atoms with Gasteiger partial charge in [-0.1, -0.05) is 24.3 Å². The summed E-state index contributed by atoms with van der Waals surface area (Å²) in [5.74, 6) is -0.353. The van der Waals surface area contributed by atoms with Gasteiger partial charge in [0, 0.05) is 5.56 Å². The van der Waals surface area contributed by atoms with E-state index in [1.165, 1.54) is 6.07 Å². The average molecular weight is 291 g/mol. The molecule has 22 heavy (non-hydrogen) atoms. The molecule has 4 nitrogen and oxygen atoms in total. The van der Waals surface area contributed by atoms with Crippen molar-refractivity contribution in [2.75, 3.05) is 0 Å². The lowest BCUT2D eigenvalue weighted by Gasteiger charge is -2.24. The van der Waals surface area contributed by atoms with Crippen LogP contribution in [0.4, 0.5) is 5.69 Å². The van der Waals surface area contributed by atoms with Crippen LogP contribution < -0.4 is 4.74 Å². The molecule has 2 aromatic rings. The number of benzene rings is 2. The number of rotatable bonds is 2. The molecule has 0 radical (unpaired) electrons. The Balaban J connectivity index is 2.23. The molecule has 0 aliphatic carbocycles. The van der Waals surface area contributed by atoms with E-state index in [-0.39, 0.29) is 11.7 Å². The quantitative estimate of drug-likeness (QED) is 0.846. The standard InChI is InChI=1S/C18H13NO3/c1-11-9-14(13-5-3-4-6-16(13)19-2)15-10-12(18(20)21)7-8-17(15)22-11/h3-11H,1H3,(H,20,21). The van der Waals surface area contributed by atoms with Gasteiger partial charge in [0.05, 0.1) is 12.1 Å². The molecule has 1 N–H and O–H groups in total. The highest BCUT2D eigenvalue weighted by atomic mass is 16.5. The van der Waals surface area contributed by atoms with Crippen molar-refractivity contribution in [1.82, 2.24) is 0 Å². The Kier molecular flexibility index (Phi) is 3.40. The summed E-state index contributed by atoms with van der Waals surface area (Å²) in [6.45, 7) is 9.23. The van der Waals surface area contributed by atoms with E-state index < -0.39 is 5.97 Å². The van der Waals surface area contributed by atoms with Crippen molar-refractivity contribution in [2.24, 2.45) is 0 Å². The largest absolute Gasteiger partial charge is 0.486 e. The fourth-order valence-electron chi connectivity index (χ4n) is 2.57. The van der Waals surface area contributed by atoms with Crippen LogP contribution in [0.1, 0.15) is 28.4 Å². The molecule has 0 spiro atoms. The van der Waals surface area contributed by atoms with Crippen molar-refractivity contribution in [3.63, 3.8) is 0 Å². The molecule has 0 aromatic heterocycles. The normalized spacial score (nSPS) is 16.0. The summed E-state index contributed by atoms with van der Waals surface area (Å²) in [5, 5.41) is 9.19. The maximum Gasteiger partial charge on any atom is 0.335 e. The summed E-state index contributed by atoms with van der Waals surface area (Å²) in [6, 6.07) is 12.1. The molecule has 1 unspecified atom stereocenters. The van der Waals surface area contributed by atoms with E-state index >= 15 is 0 Å². The Hall–Kier alpha value is -3.06. The van der Waals surface area contributed by atoms with Gasteiger partial charge in [0.15, 0.2) is 5.69 Å². The van der Waals surface area contributed by atoms with Crippen LogP contribution >= 0.6 is 0 Å². The van der Waals surface area contributed by atoms with Gasteiger partial charge in [-0.3, -0.25) is 0 Å². The van der Waals surface area contributed by atoms with Crippen molar-refractivity contribution in [3.05, 3.63) is 76.6 Å². The first-order valence-corrected chi connectivity index (χ1v) is 6.83. The fraction of sp³-hybridized carbons (Fsp3) is 0.111. The molecule has 0 saturated heterocycles. The number of hydrogen-bond donors (Lipinski definition) is 1. The first-order chi connectivity index (χ1) is 10.6. The van der Waals surface area contributed by atoms with Crippen molar-refractivity contribution < 1.29 is 14.6 Å². The van der Waals surface area contributed by atoms with Crippen molar-refractivity contribution in [3.8, 4) is 5.75 Å². The van der Waals surface area contributed by atoms with Gasteiger partial charge in [-0.2, -0.15) is 0 Å². The van der Waals surface area contributed by atoms with E-state index in [4.69, 9.17) is 11.3 Å². The Labute approximate surface area is 128 Å². The highest BCUT2D eigenvalue weighted by Gasteiger charge is 2.22.